The van der Waals surface area contributed by atoms with E-state index in [2.05, 4.69) is 15.0 Å². The molecule has 0 N–H and O–H groups in total. The van der Waals surface area contributed by atoms with Gasteiger partial charge in [-0.1, -0.05) is 0 Å². The number of rotatable bonds is 2. The molecule has 4 nitrogen and oxygen atoms in total. The molecule has 11 heteroatoms. The van der Waals surface area contributed by atoms with Gasteiger partial charge in [0.1, 0.15) is 11.4 Å². The fraction of sp³-hybridized carbons (Fsp3) is 0.267. The number of hydrogen-bond donors (Lipinski definition) is 0. The Hall–Kier alpha value is -2.30. The summed E-state index contributed by atoms with van der Waals surface area (Å²) in [5.41, 5.74) is -1.52. The zero-order valence-corrected chi connectivity index (χ0v) is 14.1. The van der Waals surface area contributed by atoms with Crippen LogP contribution in [0, 0.1) is 0 Å². The summed E-state index contributed by atoms with van der Waals surface area (Å²) in [7, 11) is 1.53. The van der Waals surface area contributed by atoms with Crippen molar-refractivity contribution in [2.24, 2.45) is 7.05 Å². The maximum Gasteiger partial charge on any atom is 0.433 e. The van der Waals surface area contributed by atoms with Gasteiger partial charge in [-0.25, -0.2) is 9.97 Å². The van der Waals surface area contributed by atoms with Gasteiger partial charge in [-0.2, -0.15) is 26.3 Å². The van der Waals surface area contributed by atoms with Crippen molar-refractivity contribution in [3.05, 3.63) is 35.8 Å². The van der Waals surface area contributed by atoms with Gasteiger partial charge in [0.05, 0.1) is 22.8 Å². The number of pyridine rings is 2. The van der Waals surface area contributed by atoms with Crippen molar-refractivity contribution in [2.75, 3.05) is 6.26 Å². The second-order valence-electron chi connectivity index (χ2n) is 5.32. The van der Waals surface area contributed by atoms with Crippen molar-refractivity contribution in [1.29, 1.82) is 0 Å². The van der Waals surface area contributed by atoms with Crippen LogP contribution >= 0.6 is 11.8 Å². The third-order valence-corrected chi connectivity index (χ3v) is 4.42. The standard InChI is InChI=1S/C15H10F6N4S/c1-25-9-6-22-11(15(19,20)21)4-8(9)24-13(25)12-10(26-2)3-7(5-23-12)14(16,17)18/h3-6H,1-2H3. The summed E-state index contributed by atoms with van der Waals surface area (Å²) >= 11 is 1.04. The summed E-state index contributed by atoms with van der Waals surface area (Å²) < 4.78 is 78.4. The maximum absolute atomic E-state index is 12.9. The van der Waals surface area contributed by atoms with E-state index >= 15 is 0 Å². The van der Waals surface area contributed by atoms with Crippen LogP contribution in [-0.4, -0.2) is 25.8 Å². The van der Waals surface area contributed by atoms with Gasteiger partial charge in [0.2, 0.25) is 0 Å². The molecule has 0 radical (unpaired) electrons. The molecule has 0 saturated carbocycles. The van der Waals surface area contributed by atoms with Gasteiger partial charge in [-0.05, 0) is 18.4 Å². The van der Waals surface area contributed by atoms with Crippen LogP contribution in [0.2, 0.25) is 0 Å². The van der Waals surface area contributed by atoms with Gasteiger partial charge < -0.3 is 4.57 Å². The first-order valence-corrected chi connectivity index (χ1v) is 8.26. The van der Waals surface area contributed by atoms with Gasteiger partial charge in [0.15, 0.2) is 5.82 Å². The normalized spacial score (nSPS) is 12.8. The number of aromatic nitrogens is 4. The SMILES string of the molecule is CSc1cc(C(F)(F)F)cnc1-c1nc2cc(C(F)(F)F)ncc2n1C. The smallest absolute Gasteiger partial charge is 0.325 e. The van der Waals surface area contributed by atoms with E-state index < -0.39 is 23.6 Å². The molecule has 3 rings (SSSR count). The van der Waals surface area contributed by atoms with Crippen LogP contribution in [-0.2, 0) is 19.4 Å². The molecule has 0 spiro atoms. The number of halogens is 6. The van der Waals surface area contributed by atoms with Gasteiger partial charge in [-0.15, -0.1) is 11.8 Å². The minimum Gasteiger partial charge on any atom is -0.325 e. The topological polar surface area (TPSA) is 43.6 Å². The summed E-state index contributed by atoms with van der Waals surface area (Å²) in [4.78, 5) is 11.6. The number of imidazole rings is 1. The van der Waals surface area contributed by atoms with E-state index in [0.717, 1.165) is 30.1 Å². The third-order valence-electron chi connectivity index (χ3n) is 3.67. The number of thioether (sulfide) groups is 1. The molecule has 0 aliphatic carbocycles. The summed E-state index contributed by atoms with van der Waals surface area (Å²) in [5, 5.41) is 0. The molecule has 3 aromatic rings. The highest BCUT2D eigenvalue weighted by Crippen LogP contribution is 2.36. The number of aryl methyl sites for hydroxylation is 1. The molecular formula is C15H10F6N4S. The largest absolute Gasteiger partial charge is 0.433 e. The first-order valence-electron chi connectivity index (χ1n) is 7.03. The summed E-state index contributed by atoms with van der Waals surface area (Å²) in [6, 6.07) is 1.73. The van der Waals surface area contributed by atoms with Crippen LogP contribution in [0.15, 0.2) is 29.4 Å². The zero-order chi connectivity index (χ0) is 19.3. The summed E-state index contributed by atoms with van der Waals surface area (Å²) in [6.07, 6.45) is -5.89. The molecule has 0 atom stereocenters. The predicted molar refractivity (Wildman–Crippen MR) is 83.5 cm³/mol. The molecule has 0 unspecified atom stereocenters. The van der Waals surface area contributed by atoms with Crippen molar-refractivity contribution in [1.82, 2.24) is 19.5 Å². The average molecular weight is 392 g/mol. The molecule has 138 valence electrons. The van der Waals surface area contributed by atoms with Crippen LogP contribution in [0.1, 0.15) is 11.3 Å². The lowest BCUT2D eigenvalue weighted by Gasteiger charge is -2.11. The lowest BCUT2D eigenvalue weighted by molar-refractivity contribution is -0.141. The Morgan fingerprint density at radius 1 is 0.962 bits per heavy atom. The van der Waals surface area contributed by atoms with Crippen LogP contribution in [0.5, 0.6) is 0 Å². The third kappa shape index (κ3) is 3.22. The fourth-order valence-corrected chi connectivity index (χ4v) is 2.96. The lowest BCUT2D eigenvalue weighted by Crippen LogP contribution is -2.07. The number of fused-ring (bicyclic) bond motifs is 1. The van der Waals surface area contributed by atoms with Gasteiger partial charge in [0.25, 0.3) is 0 Å². The lowest BCUT2D eigenvalue weighted by atomic mass is 10.2. The first-order chi connectivity index (χ1) is 12.0. The quantitative estimate of drug-likeness (QED) is 0.465. The van der Waals surface area contributed by atoms with E-state index in [9.17, 15) is 26.3 Å². The Bertz CT molecular complexity index is 977. The van der Waals surface area contributed by atoms with Gasteiger partial charge in [-0.3, -0.25) is 4.98 Å². The molecule has 0 fully saturated rings. The Balaban J connectivity index is 2.18. The Kier molecular flexibility index (Phi) is 4.37. The molecule has 3 aromatic heterocycles. The van der Waals surface area contributed by atoms with E-state index in [-0.39, 0.29) is 21.9 Å². The molecule has 3 heterocycles. The number of alkyl halides is 6. The summed E-state index contributed by atoms with van der Waals surface area (Å²) in [5.74, 6) is 0.152. The van der Waals surface area contributed by atoms with E-state index in [1.54, 1.807) is 6.26 Å². The second kappa shape index (κ2) is 6.15. The monoisotopic (exact) mass is 392 g/mol. The molecule has 0 bridgehead atoms. The van der Waals surface area contributed by atoms with E-state index in [1.807, 2.05) is 0 Å². The van der Waals surface area contributed by atoms with Crippen molar-refractivity contribution >= 4 is 22.8 Å². The van der Waals surface area contributed by atoms with Crippen LogP contribution in [0.25, 0.3) is 22.6 Å². The maximum atomic E-state index is 12.9. The zero-order valence-electron chi connectivity index (χ0n) is 13.3. The van der Waals surface area contributed by atoms with Crippen molar-refractivity contribution < 1.29 is 26.3 Å². The minimum atomic E-state index is -4.62. The van der Waals surface area contributed by atoms with Crippen LogP contribution in [0.4, 0.5) is 26.3 Å². The van der Waals surface area contributed by atoms with Gasteiger partial charge >= 0.3 is 12.4 Å². The van der Waals surface area contributed by atoms with Crippen LogP contribution in [0.3, 0.4) is 0 Å². The van der Waals surface area contributed by atoms with Crippen LogP contribution < -0.4 is 0 Å². The fourth-order valence-electron chi connectivity index (χ4n) is 2.38. The highest BCUT2D eigenvalue weighted by Gasteiger charge is 2.34. The summed E-state index contributed by atoms with van der Waals surface area (Å²) in [6.45, 7) is 0. The number of hydrogen-bond acceptors (Lipinski definition) is 4. The molecule has 0 saturated heterocycles. The Morgan fingerprint density at radius 2 is 1.65 bits per heavy atom. The molecule has 0 aromatic carbocycles. The first kappa shape index (κ1) is 18.5. The highest BCUT2D eigenvalue weighted by molar-refractivity contribution is 7.98. The Morgan fingerprint density at radius 3 is 2.23 bits per heavy atom. The molecule has 0 amide bonds. The molecule has 0 aliphatic heterocycles. The van der Waals surface area contributed by atoms with E-state index in [4.69, 9.17) is 0 Å². The molecular weight excluding hydrogens is 382 g/mol. The second-order valence-corrected chi connectivity index (χ2v) is 6.17. The molecule has 0 aliphatic rings. The number of nitrogens with zero attached hydrogens (tertiary/aromatic N) is 4. The Labute approximate surface area is 147 Å². The molecule has 26 heavy (non-hydrogen) atoms. The van der Waals surface area contributed by atoms with E-state index in [1.165, 1.54) is 11.6 Å². The highest BCUT2D eigenvalue weighted by atomic mass is 32.2. The predicted octanol–water partition coefficient (Wildman–Crippen LogP) is 4.79. The van der Waals surface area contributed by atoms with Crippen molar-refractivity contribution in [2.45, 2.75) is 17.2 Å². The van der Waals surface area contributed by atoms with Crippen molar-refractivity contribution in [3.8, 4) is 11.5 Å². The average Bonchev–Trinajstić information content (AvgIpc) is 2.89. The van der Waals surface area contributed by atoms with Gasteiger partial charge in [0, 0.05) is 18.1 Å². The van der Waals surface area contributed by atoms with E-state index in [0.29, 0.717) is 11.7 Å². The van der Waals surface area contributed by atoms with Crippen molar-refractivity contribution in [3.63, 3.8) is 0 Å². The minimum absolute atomic E-state index is 0.0265.